The maximum atomic E-state index is 10.2. The fraction of sp³-hybridized carbons (Fsp3) is 0.750. The molecule has 0 saturated heterocycles. The molecule has 0 aliphatic heterocycles. The number of hydrogen-bond donors (Lipinski definition) is 2. The second kappa shape index (κ2) is 7.02. The van der Waals surface area contributed by atoms with Crippen LogP contribution in [0.3, 0.4) is 0 Å². The average molecular weight is 199 g/mol. The van der Waals surface area contributed by atoms with Crippen LogP contribution >= 0.6 is 0 Å². The molecule has 0 fully saturated rings. The third-order valence-electron chi connectivity index (χ3n) is 2.40. The van der Waals surface area contributed by atoms with Gasteiger partial charge in [0.2, 0.25) is 0 Å². The SMILES string of the molecule is [CH2]C/C=C/C(O)C(O)(CCC)CCC. The Labute approximate surface area is 87.7 Å². The molecule has 0 aliphatic carbocycles. The molecule has 0 rings (SSSR count). The van der Waals surface area contributed by atoms with Crippen LogP contribution in [-0.4, -0.2) is 21.9 Å². The molecule has 1 atom stereocenters. The van der Waals surface area contributed by atoms with Crippen molar-refractivity contribution in [3.05, 3.63) is 19.1 Å². The van der Waals surface area contributed by atoms with Crippen molar-refractivity contribution in [3.8, 4) is 0 Å². The molecule has 0 saturated carbocycles. The molecule has 1 radical (unpaired) electrons. The Balaban J connectivity index is 4.37. The zero-order chi connectivity index (χ0) is 11.0. The number of rotatable bonds is 7. The number of aliphatic hydroxyl groups excluding tert-OH is 1. The number of allylic oxidation sites excluding steroid dienone is 1. The Morgan fingerprint density at radius 2 is 1.79 bits per heavy atom. The van der Waals surface area contributed by atoms with Gasteiger partial charge in [0.05, 0.1) is 5.60 Å². The van der Waals surface area contributed by atoms with Gasteiger partial charge in [-0.25, -0.2) is 0 Å². The van der Waals surface area contributed by atoms with E-state index in [0.29, 0.717) is 19.3 Å². The lowest BCUT2D eigenvalue weighted by Crippen LogP contribution is -2.40. The van der Waals surface area contributed by atoms with E-state index in [1.54, 1.807) is 12.2 Å². The highest BCUT2D eigenvalue weighted by molar-refractivity contribution is 5.00. The summed E-state index contributed by atoms with van der Waals surface area (Å²) in [5, 5.41) is 20.0. The first kappa shape index (κ1) is 13.7. The normalized spacial score (nSPS) is 14.9. The summed E-state index contributed by atoms with van der Waals surface area (Å²) in [6.45, 7) is 7.68. The lowest BCUT2D eigenvalue weighted by atomic mass is 9.86. The summed E-state index contributed by atoms with van der Waals surface area (Å²) in [4.78, 5) is 0. The first-order valence-electron chi connectivity index (χ1n) is 5.47. The van der Waals surface area contributed by atoms with E-state index in [0.717, 1.165) is 12.8 Å². The molecular weight excluding hydrogens is 176 g/mol. The molecule has 2 N–H and O–H groups in total. The van der Waals surface area contributed by atoms with Crippen molar-refractivity contribution in [2.45, 2.75) is 57.7 Å². The van der Waals surface area contributed by atoms with E-state index >= 15 is 0 Å². The fourth-order valence-electron chi connectivity index (χ4n) is 1.69. The van der Waals surface area contributed by atoms with Crippen LogP contribution in [0.4, 0.5) is 0 Å². The van der Waals surface area contributed by atoms with E-state index in [1.165, 1.54) is 0 Å². The molecule has 0 spiro atoms. The summed E-state index contributed by atoms with van der Waals surface area (Å²) in [6, 6.07) is 0. The average Bonchev–Trinajstić information content (AvgIpc) is 2.15. The molecule has 2 nitrogen and oxygen atoms in total. The Kier molecular flexibility index (Phi) is 6.85. The molecule has 0 aliphatic rings. The Hall–Kier alpha value is -0.340. The summed E-state index contributed by atoms with van der Waals surface area (Å²) in [5.41, 5.74) is -0.949. The highest BCUT2D eigenvalue weighted by Crippen LogP contribution is 2.24. The standard InChI is InChI=1S/C12H23O2/c1-4-7-8-11(13)12(14,9-5-2)10-6-3/h7-8,11,13-14H,1,4-6,9-10H2,2-3H3/b8-7+. The van der Waals surface area contributed by atoms with Crippen LogP contribution in [0.2, 0.25) is 0 Å². The van der Waals surface area contributed by atoms with Crippen LogP contribution in [0.15, 0.2) is 12.2 Å². The molecule has 0 aromatic rings. The van der Waals surface area contributed by atoms with E-state index < -0.39 is 11.7 Å². The molecule has 14 heavy (non-hydrogen) atoms. The summed E-state index contributed by atoms with van der Waals surface area (Å²) in [7, 11) is 0. The molecule has 83 valence electrons. The molecule has 0 aromatic carbocycles. The van der Waals surface area contributed by atoms with Gasteiger partial charge in [-0.05, 0) is 26.2 Å². The van der Waals surface area contributed by atoms with Crippen LogP contribution < -0.4 is 0 Å². The van der Waals surface area contributed by atoms with E-state index in [2.05, 4.69) is 6.92 Å². The molecular formula is C12H23O2. The van der Waals surface area contributed by atoms with Gasteiger partial charge in [-0.3, -0.25) is 0 Å². The minimum Gasteiger partial charge on any atom is -0.387 e. The topological polar surface area (TPSA) is 40.5 Å². The zero-order valence-corrected chi connectivity index (χ0v) is 9.37. The summed E-state index contributed by atoms with van der Waals surface area (Å²) < 4.78 is 0. The third kappa shape index (κ3) is 4.25. The van der Waals surface area contributed by atoms with Gasteiger partial charge < -0.3 is 10.2 Å². The van der Waals surface area contributed by atoms with Crippen molar-refractivity contribution in [2.24, 2.45) is 0 Å². The lowest BCUT2D eigenvalue weighted by Gasteiger charge is -2.31. The predicted octanol–water partition coefficient (Wildman–Crippen LogP) is 2.46. The second-order valence-corrected chi connectivity index (χ2v) is 3.77. The molecule has 1 unspecified atom stereocenters. The van der Waals surface area contributed by atoms with Crippen LogP contribution in [0.5, 0.6) is 0 Å². The van der Waals surface area contributed by atoms with Crippen molar-refractivity contribution in [2.75, 3.05) is 0 Å². The van der Waals surface area contributed by atoms with E-state index in [-0.39, 0.29) is 0 Å². The monoisotopic (exact) mass is 199 g/mol. The first-order chi connectivity index (χ1) is 6.60. The molecule has 2 heteroatoms. The number of aliphatic hydroxyl groups is 2. The minimum atomic E-state index is -0.949. The Morgan fingerprint density at radius 3 is 2.14 bits per heavy atom. The van der Waals surface area contributed by atoms with Crippen molar-refractivity contribution in [1.82, 2.24) is 0 Å². The summed E-state index contributed by atoms with van der Waals surface area (Å²) in [5.74, 6) is 0. The summed E-state index contributed by atoms with van der Waals surface area (Å²) in [6.07, 6.45) is 6.37. The minimum absolute atomic E-state index is 0.642. The largest absolute Gasteiger partial charge is 0.387 e. The van der Waals surface area contributed by atoms with Gasteiger partial charge in [0.25, 0.3) is 0 Å². The Morgan fingerprint density at radius 1 is 1.29 bits per heavy atom. The predicted molar refractivity (Wildman–Crippen MR) is 59.9 cm³/mol. The van der Waals surface area contributed by atoms with Gasteiger partial charge in [-0.1, -0.05) is 38.8 Å². The van der Waals surface area contributed by atoms with Crippen LogP contribution in [-0.2, 0) is 0 Å². The molecule has 0 amide bonds. The maximum Gasteiger partial charge on any atom is 0.101 e. The van der Waals surface area contributed by atoms with E-state index in [1.807, 2.05) is 13.8 Å². The fourth-order valence-corrected chi connectivity index (χ4v) is 1.69. The lowest BCUT2D eigenvalue weighted by molar-refractivity contribution is -0.0648. The highest BCUT2D eigenvalue weighted by atomic mass is 16.3. The van der Waals surface area contributed by atoms with Gasteiger partial charge in [0.1, 0.15) is 6.10 Å². The van der Waals surface area contributed by atoms with Gasteiger partial charge in [0.15, 0.2) is 0 Å². The molecule has 0 bridgehead atoms. The second-order valence-electron chi connectivity index (χ2n) is 3.77. The van der Waals surface area contributed by atoms with Crippen molar-refractivity contribution in [1.29, 1.82) is 0 Å². The van der Waals surface area contributed by atoms with Crippen molar-refractivity contribution < 1.29 is 10.2 Å². The maximum absolute atomic E-state index is 10.2. The third-order valence-corrected chi connectivity index (χ3v) is 2.40. The van der Waals surface area contributed by atoms with Gasteiger partial charge in [-0.2, -0.15) is 0 Å². The van der Waals surface area contributed by atoms with Gasteiger partial charge >= 0.3 is 0 Å². The van der Waals surface area contributed by atoms with Crippen LogP contribution in [0.25, 0.3) is 0 Å². The smallest absolute Gasteiger partial charge is 0.101 e. The number of hydrogen-bond acceptors (Lipinski definition) is 2. The van der Waals surface area contributed by atoms with E-state index in [4.69, 9.17) is 0 Å². The highest BCUT2D eigenvalue weighted by Gasteiger charge is 2.31. The van der Waals surface area contributed by atoms with Gasteiger partial charge in [-0.15, -0.1) is 0 Å². The van der Waals surface area contributed by atoms with Crippen molar-refractivity contribution in [3.63, 3.8) is 0 Å². The molecule has 0 heterocycles. The first-order valence-corrected chi connectivity index (χ1v) is 5.47. The molecule has 0 aromatic heterocycles. The van der Waals surface area contributed by atoms with E-state index in [9.17, 15) is 10.2 Å². The van der Waals surface area contributed by atoms with Gasteiger partial charge in [0, 0.05) is 0 Å². The van der Waals surface area contributed by atoms with Crippen LogP contribution in [0, 0.1) is 6.92 Å². The van der Waals surface area contributed by atoms with Crippen LogP contribution in [0.1, 0.15) is 46.0 Å². The summed E-state index contributed by atoms with van der Waals surface area (Å²) >= 11 is 0. The Bertz CT molecular complexity index is 158. The zero-order valence-electron chi connectivity index (χ0n) is 9.37. The van der Waals surface area contributed by atoms with Crippen molar-refractivity contribution >= 4 is 0 Å². The quantitative estimate of drug-likeness (QED) is 0.618.